The number of pyridine rings is 1. The molecule has 12 heteroatoms. The summed E-state index contributed by atoms with van der Waals surface area (Å²) in [5.74, 6) is -1.81. The van der Waals surface area contributed by atoms with E-state index in [1.54, 1.807) is 21.8 Å². The van der Waals surface area contributed by atoms with Crippen molar-refractivity contribution in [3.05, 3.63) is 84.9 Å². The minimum absolute atomic E-state index is 0.00928. The molecule has 0 N–H and O–H groups in total. The first-order valence-electron chi connectivity index (χ1n) is 14.7. The largest absolute Gasteiger partial charge is 0.490 e. The number of ether oxygens (including phenoxy) is 2. The normalized spacial score (nSPS) is 14.6. The molecule has 0 fully saturated rings. The van der Waals surface area contributed by atoms with Crippen molar-refractivity contribution in [2.45, 2.75) is 26.1 Å². The summed E-state index contributed by atoms with van der Waals surface area (Å²) in [5.41, 5.74) is 4.54. The molecule has 0 saturated heterocycles. The van der Waals surface area contributed by atoms with Gasteiger partial charge in [0.2, 0.25) is 5.91 Å². The zero-order chi connectivity index (χ0) is 32.1. The number of furan rings is 1. The van der Waals surface area contributed by atoms with Crippen LogP contribution in [0.1, 0.15) is 12.6 Å². The molecule has 4 aromatic heterocycles. The third kappa shape index (κ3) is 4.91. The highest BCUT2D eigenvalue weighted by molar-refractivity contribution is 6.07. The first-order chi connectivity index (χ1) is 22.3. The van der Waals surface area contributed by atoms with Gasteiger partial charge in [-0.25, -0.2) is 13.8 Å². The molecule has 0 saturated carbocycles. The van der Waals surface area contributed by atoms with Gasteiger partial charge >= 0.3 is 0 Å². The Bertz CT molecular complexity index is 2150. The number of methoxy groups -OCH3 is 1. The van der Waals surface area contributed by atoms with Crippen LogP contribution in [0.5, 0.6) is 5.75 Å². The van der Waals surface area contributed by atoms with Crippen molar-refractivity contribution in [2.75, 3.05) is 20.3 Å². The van der Waals surface area contributed by atoms with Gasteiger partial charge in [-0.3, -0.25) is 14.2 Å². The summed E-state index contributed by atoms with van der Waals surface area (Å²) in [4.78, 5) is 19.4. The maximum atomic E-state index is 16.0. The van der Waals surface area contributed by atoms with E-state index in [1.807, 2.05) is 42.9 Å². The van der Waals surface area contributed by atoms with Gasteiger partial charge in [-0.05, 0) is 37.3 Å². The summed E-state index contributed by atoms with van der Waals surface area (Å²) in [6, 6.07) is 11.2. The van der Waals surface area contributed by atoms with Gasteiger partial charge in [0.05, 0.1) is 48.9 Å². The van der Waals surface area contributed by atoms with Crippen LogP contribution in [-0.2, 0) is 29.7 Å². The monoisotopic (exact) mass is 624 g/mol. The van der Waals surface area contributed by atoms with E-state index in [4.69, 9.17) is 24.0 Å². The second-order valence-electron chi connectivity index (χ2n) is 11.2. The van der Waals surface area contributed by atoms with Crippen LogP contribution in [0.4, 0.5) is 8.78 Å². The number of carbonyl (C=O) groups excluding carboxylic acids is 1. The Morgan fingerprint density at radius 3 is 2.78 bits per heavy atom. The number of nitrogens with zero attached hydrogens (tertiary/aromatic N) is 6. The molecule has 1 amide bonds. The summed E-state index contributed by atoms with van der Waals surface area (Å²) < 4.78 is 51.2. The van der Waals surface area contributed by atoms with Crippen molar-refractivity contribution in [1.29, 1.82) is 0 Å². The summed E-state index contributed by atoms with van der Waals surface area (Å²) in [5, 5.41) is 10.7. The molecule has 1 aliphatic heterocycles. The predicted molar refractivity (Wildman–Crippen MR) is 168 cm³/mol. The Kier molecular flexibility index (Phi) is 7.36. The van der Waals surface area contributed by atoms with Crippen LogP contribution in [0, 0.1) is 11.6 Å². The second kappa shape index (κ2) is 11.5. The van der Waals surface area contributed by atoms with Crippen LogP contribution in [-0.4, -0.2) is 61.7 Å². The number of amides is 1. The first kappa shape index (κ1) is 29.4. The van der Waals surface area contributed by atoms with E-state index >= 15 is 4.39 Å². The molecule has 5 heterocycles. The molecule has 2 aromatic carbocycles. The minimum Gasteiger partial charge on any atom is -0.490 e. The average molecular weight is 625 g/mol. The number of aromatic nitrogens is 5. The summed E-state index contributed by atoms with van der Waals surface area (Å²) in [6.45, 7) is 6.61. The predicted octanol–water partition coefficient (Wildman–Crippen LogP) is 6.13. The van der Waals surface area contributed by atoms with Crippen LogP contribution in [0.2, 0.25) is 0 Å². The van der Waals surface area contributed by atoms with Crippen LogP contribution >= 0.6 is 0 Å². The number of halogens is 2. The number of hydrogen-bond donors (Lipinski definition) is 0. The molecule has 7 rings (SSSR count). The molecular formula is C34H30F2N6O4. The highest BCUT2D eigenvalue weighted by Gasteiger charge is 2.31. The van der Waals surface area contributed by atoms with Crippen molar-refractivity contribution < 1.29 is 27.5 Å². The summed E-state index contributed by atoms with van der Waals surface area (Å²) in [6.07, 6.45) is 4.58. The maximum Gasteiger partial charge on any atom is 0.246 e. The van der Waals surface area contributed by atoms with Crippen molar-refractivity contribution in [2.24, 2.45) is 7.05 Å². The Hall–Kier alpha value is -5.36. The van der Waals surface area contributed by atoms with Crippen LogP contribution in [0.25, 0.3) is 55.6 Å². The zero-order valence-electron chi connectivity index (χ0n) is 25.5. The molecule has 0 bridgehead atoms. The maximum absolute atomic E-state index is 16.0. The summed E-state index contributed by atoms with van der Waals surface area (Å²) in [7, 11) is 3.38. The van der Waals surface area contributed by atoms with Gasteiger partial charge in [-0.15, -0.1) is 0 Å². The smallest absolute Gasteiger partial charge is 0.246 e. The number of rotatable bonds is 8. The molecule has 0 radical (unpaired) electrons. The van der Waals surface area contributed by atoms with Gasteiger partial charge in [0.15, 0.2) is 5.58 Å². The lowest BCUT2D eigenvalue weighted by Crippen LogP contribution is -2.44. The van der Waals surface area contributed by atoms with Gasteiger partial charge in [-0.2, -0.15) is 10.2 Å². The molecule has 6 aromatic rings. The zero-order valence-corrected chi connectivity index (χ0v) is 25.5. The highest BCUT2D eigenvalue weighted by atomic mass is 19.1. The fourth-order valence-electron chi connectivity index (χ4n) is 6.07. The third-order valence-corrected chi connectivity index (χ3v) is 8.31. The van der Waals surface area contributed by atoms with E-state index < -0.39 is 11.6 Å². The number of carbonyl (C=O) groups is 1. The number of benzene rings is 2. The fourth-order valence-corrected chi connectivity index (χ4v) is 6.07. The molecule has 0 unspecified atom stereocenters. The average Bonchev–Trinajstić information content (AvgIpc) is 3.78. The SMILES string of the molecule is C=CC(=O)N1Cc2cc(-c3nc(-c4ccc5c(cnn5C)c4)c4occc4c3-c3c(F)cc(F)cc3OCCOC)nn2C[C@H]1C. The molecule has 46 heavy (non-hydrogen) atoms. The molecular weight excluding hydrogens is 594 g/mol. The lowest BCUT2D eigenvalue weighted by Gasteiger charge is -2.33. The molecule has 1 aliphatic rings. The third-order valence-electron chi connectivity index (χ3n) is 8.31. The molecule has 0 aliphatic carbocycles. The first-order valence-corrected chi connectivity index (χ1v) is 14.7. The standard InChI is InChI=1S/C34H30F2N6O4/c1-5-29(43)41-18-23-15-26(39-42(23)17-19(41)2)33-30(31-25(36)13-22(35)14-28(31)45-11-10-44-4)24-8-9-46-34(24)32(38-33)20-6-7-27-21(12-20)16-37-40(27)3/h5-9,12-16,19H,1,10-11,17-18H2,2-4H3/t19-/m1/s1. The van der Waals surface area contributed by atoms with Gasteiger partial charge in [0.25, 0.3) is 0 Å². The van der Waals surface area contributed by atoms with Gasteiger partial charge in [0, 0.05) is 54.2 Å². The van der Waals surface area contributed by atoms with Crippen LogP contribution < -0.4 is 4.74 Å². The fraction of sp³-hybridized carbons (Fsp3) is 0.235. The molecule has 1 atom stereocenters. The topological polar surface area (TPSA) is 100 Å². The van der Waals surface area contributed by atoms with Crippen molar-refractivity contribution in [3.8, 4) is 39.5 Å². The van der Waals surface area contributed by atoms with E-state index in [0.29, 0.717) is 46.7 Å². The Balaban J connectivity index is 1.49. The number of fused-ring (bicyclic) bond motifs is 3. The molecule has 10 nitrogen and oxygen atoms in total. The Morgan fingerprint density at radius 2 is 1.98 bits per heavy atom. The van der Waals surface area contributed by atoms with E-state index in [0.717, 1.165) is 34.3 Å². The number of aryl methyl sites for hydroxylation is 1. The molecule has 234 valence electrons. The highest BCUT2D eigenvalue weighted by Crippen LogP contribution is 2.46. The van der Waals surface area contributed by atoms with Crippen LogP contribution in [0.3, 0.4) is 0 Å². The van der Waals surface area contributed by atoms with Crippen molar-refractivity contribution in [3.63, 3.8) is 0 Å². The van der Waals surface area contributed by atoms with Gasteiger partial charge in [-0.1, -0.05) is 12.6 Å². The lowest BCUT2D eigenvalue weighted by molar-refractivity contribution is -0.129. The van der Waals surface area contributed by atoms with Crippen molar-refractivity contribution >= 4 is 27.8 Å². The Labute approximate surface area is 262 Å². The van der Waals surface area contributed by atoms with Crippen molar-refractivity contribution in [1.82, 2.24) is 29.4 Å². The quantitative estimate of drug-likeness (QED) is 0.148. The van der Waals surface area contributed by atoms with Gasteiger partial charge < -0.3 is 18.8 Å². The van der Waals surface area contributed by atoms with E-state index in [9.17, 15) is 9.18 Å². The van der Waals surface area contributed by atoms with E-state index in [-0.39, 0.29) is 36.5 Å². The minimum atomic E-state index is -0.831. The Morgan fingerprint density at radius 1 is 1.13 bits per heavy atom. The van der Waals surface area contributed by atoms with E-state index in [2.05, 4.69) is 11.7 Å². The van der Waals surface area contributed by atoms with E-state index in [1.165, 1.54) is 19.4 Å². The lowest BCUT2D eigenvalue weighted by atomic mass is 9.95. The summed E-state index contributed by atoms with van der Waals surface area (Å²) >= 11 is 0. The second-order valence-corrected chi connectivity index (χ2v) is 11.2. The number of hydrogen-bond acceptors (Lipinski definition) is 7. The molecule has 0 spiro atoms. The van der Waals surface area contributed by atoms with Crippen LogP contribution in [0.15, 0.2) is 72.0 Å². The van der Waals surface area contributed by atoms with Gasteiger partial charge in [0.1, 0.15) is 41.1 Å².